The van der Waals surface area contributed by atoms with Crippen LogP contribution in [0.15, 0.2) is 18.2 Å². The average molecular weight is 267 g/mol. The van der Waals surface area contributed by atoms with Gasteiger partial charge in [-0.05, 0) is 32.4 Å². The maximum absolute atomic E-state index is 13.9. The van der Waals surface area contributed by atoms with E-state index in [0.29, 0.717) is 12.1 Å². The Bertz CT molecular complexity index is 474. The smallest absolute Gasteiger partial charge is 0.325 e. The summed E-state index contributed by atoms with van der Waals surface area (Å²) in [6, 6.07) is 4.62. The number of aryl methyl sites for hydroxylation is 1. The highest BCUT2D eigenvalue weighted by atomic mass is 19.1. The molecular weight excluding hydrogens is 249 g/mol. The van der Waals surface area contributed by atoms with E-state index in [1.807, 2.05) is 0 Å². The zero-order chi connectivity index (χ0) is 14.4. The molecule has 0 bridgehead atoms. The minimum absolute atomic E-state index is 0.0221. The number of amides is 1. The Kier molecular flexibility index (Phi) is 5.48. The second kappa shape index (κ2) is 6.87. The summed E-state index contributed by atoms with van der Waals surface area (Å²) >= 11 is 0. The zero-order valence-electron chi connectivity index (χ0n) is 11.4. The van der Waals surface area contributed by atoms with Gasteiger partial charge in [-0.1, -0.05) is 12.1 Å². The summed E-state index contributed by atoms with van der Waals surface area (Å²) in [4.78, 5) is 24.8. The predicted molar refractivity (Wildman–Crippen MR) is 69.3 cm³/mol. The van der Waals surface area contributed by atoms with Gasteiger partial charge in [0, 0.05) is 6.54 Å². The van der Waals surface area contributed by atoms with Crippen LogP contribution in [0.2, 0.25) is 0 Å². The Labute approximate surface area is 112 Å². The first-order valence-corrected chi connectivity index (χ1v) is 6.21. The van der Waals surface area contributed by atoms with Gasteiger partial charge in [0.1, 0.15) is 12.4 Å². The Hall–Kier alpha value is -1.91. The van der Waals surface area contributed by atoms with Crippen molar-refractivity contribution in [3.05, 3.63) is 35.1 Å². The van der Waals surface area contributed by atoms with Gasteiger partial charge < -0.3 is 9.64 Å². The molecule has 0 aromatic heterocycles. The molecule has 19 heavy (non-hydrogen) atoms. The highest BCUT2D eigenvalue weighted by molar-refractivity contribution is 5.96. The van der Waals surface area contributed by atoms with Gasteiger partial charge in [0.25, 0.3) is 5.91 Å². The molecule has 0 saturated carbocycles. The first-order chi connectivity index (χ1) is 9.01. The molecule has 4 nitrogen and oxygen atoms in total. The summed E-state index contributed by atoms with van der Waals surface area (Å²) in [6.07, 6.45) is 0. The number of hydrogen-bond donors (Lipinski definition) is 0. The van der Waals surface area contributed by atoms with Crippen molar-refractivity contribution >= 4 is 11.9 Å². The molecule has 0 unspecified atom stereocenters. The Morgan fingerprint density at radius 3 is 2.58 bits per heavy atom. The third-order valence-electron chi connectivity index (χ3n) is 2.72. The lowest BCUT2D eigenvalue weighted by Gasteiger charge is -2.20. The van der Waals surface area contributed by atoms with E-state index in [0.717, 1.165) is 0 Å². The second-order valence-electron chi connectivity index (χ2n) is 4.06. The summed E-state index contributed by atoms with van der Waals surface area (Å²) in [5.41, 5.74) is 0.379. The van der Waals surface area contributed by atoms with E-state index >= 15 is 0 Å². The molecule has 5 heteroatoms. The topological polar surface area (TPSA) is 46.6 Å². The normalized spacial score (nSPS) is 10.1. The molecule has 0 aliphatic rings. The number of nitrogens with zero attached hydrogens (tertiary/aromatic N) is 1. The lowest BCUT2D eigenvalue weighted by molar-refractivity contribution is -0.143. The van der Waals surface area contributed by atoms with E-state index in [9.17, 15) is 14.0 Å². The number of hydrogen-bond acceptors (Lipinski definition) is 3. The molecule has 0 N–H and O–H groups in total. The number of ether oxygens (including phenoxy) is 1. The van der Waals surface area contributed by atoms with Crippen LogP contribution in [-0.2, 0) is 9.53 Å². The van der Waals surface area contributed by atoms with Crippen LogP contribution in [-0.4, -0.2) is 36.5 Å². The molecule has 0 atom stereocenters. The fraction of sp³-hybridized carbons (Fsp3) is 0.429. The summed E-state index contributed by atoms with van der Waals surface area (Å²) in [5.74, 6) is -1.54. The predicted octanol–water partition coefficient (Wildman–Crippen LogP) is 2.16. The van der Waals surface area contributed by atoms with Crippen LogP contribution >= 0.6 is 0 Å². The van der Waals surface area contributed by atoms with Crippen molar-refractivity contribution in [2.75, 3.05) is 19.7 Å². The monoisotopic (exact) mass is 267 g/mol. The van der Waals surface area contributed by atoms with Crippen molar-refractivity contribution in [3.8, 4) is 0 Å². The third kappa shape index (κ3) is 3.77. The van der Waals surface area contributed by atoms with Crippen molar-refractivity contribution in [1.82, 2.24) is 4.90 Å². The van der Waals surface area contributed by atoms with Crippen molar-refractivity contribution < 1.29 is 18.7 Å². The van der Waals surface area contributed by atoms with Crippen LogP contribution in [0.3, 0.4) is 0 Å². The minimum Gasteiger partial charge on any atom is -0.465 e. The second-order valence-corrected chi connectivity index (χ2v) is 4.06. The van der Waals surface area contributed by atoms with Crippen LogP contribution in [0, 0.1) is 12.7 Å². The molecular formula is C14H18FNO3. The van der Waals surface area contributed by atoms with E-state index in [-0.39, 0.29) is 18.7 Å². The van der Waals surface area contributed by atoms with Crippen molar-refractivity contribution in [2.45, 2.75) is 20.8 Å². The largest absolute Gasteiger partial charge is 0.465 e. The Morgan fingerprint density at radius 1 is 1.32 bits per heavy atom. The van der Waals surface area contributed by atoms with Crippen molar-refractivity contribution in [1.29, 1.82) is 0 Å². The van der Waals surface area contributed by atoms with Gasteiger partial charge in [-0.2, -0.15) is 0 Å². The van der Waals surface area contributed by atoms with Gasteiger partial charge in [0.05, 0.1) is 12.2 Å². The number of carbonyl (C=O) groups excluding carboxylic acids is 2. The van der Waals surface area contributed by atoms with Crippen LogP contribution < -0.4 is 0 Å². The van der Waals surface area contributed by atoms with E-state index in [1.165, 1.54) is 11.0 Å². The molecule has 0 saturated heterocycles. The van der Waals surface area contributed by atoms with E-state index in [2.05, 4.69) is 0 Å². The summed E-state index contributed by atoms with van der Waals surface area (Å²) in [5, 5.41) is 0. The van der Waals surface area contributed by atoms with Gasteiger partial charge in [-0.15, -0.1) is 0 Å². The Balaban J connectivity index is 2.89. The minimum atomic E-state index is -0.546. The summed E-state index contributed by atoms with van der Waals surface area (Å²) in [6.45, 7) is 5.40. The maximum atomic E-state index is 13.9. The van der Waals surface area contributed by atoms with E-state index in [1.54, 1.807) is 32.9 Å². The number of rotatable bonds is 5. The molecule has 0 spiro atoms. The third-order valence-corrected chi connectivity index (χ3v) is 2.72. The van der Waals surface area contributed by atoms with Crippen molar-refractivity contribution in [2.24, 2.45) is 0 Å². The maximum Gasteiger partial charge on any atom is 0.325 e. The fourth-order valence-electron chi connectivity index (χ4n) is 1.67. The lowest BCUT2D eigenvalue weighted by atomic mass is 10.1. The van der Waals surface area contributed by atoms with Crippen LogP contribution in [0.5, 0.6) is 0 Å². The molecule has 1 rings (SSSR count). The highest BCUT2D eigenvalue weighted by Crippen LogP contribution is 2.14. The fourth-order valence-corrected chi connectivity index (χ4v) is 1.67. The number of benzene rings is 1. The van der Waals surface area contributed by atoms with Gasteiger partial charge in [0.2, 0.25) is 0 Å². The number of carbonyl (C=O) groups is 2. The summed E-state index contributed by atoms with van der Waals surface area (Å²) < 4.78 is 18.7. The SMILES string of the molecule is CCOC(=O)CN(CC)C(=O)c1cccc(C)c1F. The molecule has 0 fully saturated rings. The molecule has 1 amide bonds. The van der Waals surface area contributed by atoms with Crippen LogP contribution in [0.4, 0.5) is 4.39 Å². The number of esters is 1. The Morgan fingerprint density at radius 2 is 2.00 bits per heavy atom. The quantitative estimate of drug-likeness (QED) is 0.768. The van der Waals surface area contributed by atoms with Crippen molar-refractivity contribution in [3.63, 3.8) is 0 Å². The standard InChI is InChI=1S/C14H18FNO3/c1-4-16(9-12(17)19-5-2)14(18)11-8-6-7-10(3)13(11)15/h6-8H,4-5,9H2,1-3H3. The molecule has 0 aliphatic heterocycles. The molecule has 1 aromatic carbocycles. The highest BCUT2D eigenvalue weighted by Gasteiger charge is 2.21. The molecule has 0 radical (unpaired) electrons. The van der Waals surface area contributed by atoms with Crippen LogP contribution in [0.25, 0.3) is 0 Å². The first kappa shape index (κ1) is 15.1. The van der Waals surface area contributed by atoms with Gasteiger partial charge in [-0.25, -0.2) is 4.39 Å². The molecule has 104 valence electrons. The molecule has 0 heterocycles. The van der Waals surface area contributed by atoms with Gasteiger partial charge in [-0.3, -0.25) is 9.59 Å². The average Bonchev–Trinajstić information content (AvgIpc) is 2.39. The lowest BCUT2D eigenvalue weighted by Crippen LogP contribution is -2.36. The first-order valence-electron chi connectivity index (χ1n) is 6.21. The van der Waals surface area contributed by atoms with Crippen LogP contribution in [0.1, 0.15) is 29.8 Å². The zero-order valence-corrected chi connectivity index (χ0v) is 11.4. The summed E-state index contributed by atoms with van der Waals surface area (Å²) in [7, 11) is 0. The van der Waals surface area contributed by atoms with Gasteiger partial charge >= 0.3 is 5.97 Å². The van der Waals surface area contributed by atoms with E-state index < -0.39 is 17.7 Å². The van der Waals surface area contributed by atoms with E-state index in [4.69, 9.17) is 4.74 Å². The van der Waals surface area contributed by atoms with Gasteiger partial charge in [0.15, 0.2) is 0 Å². The molecule has 0 aliphatic carbocycles. The number of halogens is 1. The number of likely N-dealkylation sites (N-methyl/N-ethyl adjacent to an activating group) is 1. The molecule has 1 aromatic rings.